The lowest BCUT2D eigenvalue weighted by molar-refractivity contribution is -0.148. The summed E-state index contributed by atoms with van der Waals surface area (Å²) in [6, 6.07) is 3.21. The molecule has 15 nitrogen and oxygen atoms in total. The highest BCUT2D eigenvalue weighted by molar-refractivity contribution is 6.04. The van der Waals surface area contributed by atoms with E-state index in [1.54, 1.807) is 12.1 Å². The van der Waals surface area contributed by atoms with Gasteiger partial charge >= 0.3 is 17.9 Å². The minimum Gasteiger partial charge on any atom is -0.481 e. The number of rotatable bonds is 14. The Morgan fingerprint density at radius 1 is 1.07 bits per heavy atom. The Morgan fingerprint density at radius 3 is 2.35 bits per heavy atom. The number of amides is 1. The molecular weight excluding hydrogens is 528 g/mol. The number of hydrogen-bond acceptors (Lipinski definition) is 10. The molecule has 2 aromatic rings. The van der Waals surface area contributed by atoms with Gasteiger partial charge in [0, 0.05) is 24.4 Å². The molecule has 3 rings (SSSR count). The van der Waals surface area contributed by atoms with Gasteiger partial charge in [-0.1, -0.05) is 12.1 Å². The number of nitrogens with one attached hydrogen (secondary N) is 3. The summed E-state index contributed by atoms with van der Waals surface area (Å²) in [6.07, 6.45) is -0.492. The van der Waals surface area contributed by atoms with Gasteiger partial charge in [0.25, 0.3) is 11.5 Å². The number of nitrogens with two attached hydrogens (primary N) is 2. The zero-order valence-electron chi connectivity index (χ0n) is 21.3. The van der Waals surface area contributed by atoms with Gasteiger partial charge in [0.2, 0.25) is 5.95 Å². The minimum absolute atomic E-state index is 0.0278. The molecule has 1 aliphatic heterocycles. The molecule has 0 aliphatic carbocycles. The van der Waals surface area contributed by atoms with Crippen molar-refractivity contribution in [1.82, 2.24) is 15.3 Å². The highest BCUT2D eigenvalue weighted by Gasteiger charge is 2.36. The normalized spacial score (nSPS) is 16.2. The first-order chi connectivity index (χ1) is 18.9. The number of aromatic nitrogens is 2. The number of aromatic amines is 1. The third-order valence-corrected chi connectivity index (χ3v) is 6.64. The standard InChI is InChI=1S/C25H30N6O9/c26-15(24(39)40)9-14(23(37)38)19(34)16(7-8-17(32)33)29-21(35)12-4-1-11(2-5-12)3-6-13-10-28-20-18(13)22(36)31-25(27)30-20/h1-2,4-5,13-16H,3,6-10,26H2,(H,29,35)(H,32,33)(H,37,38)(H,39,40)(H4,27,28,30,31,36)/t13?,14?,15-,16-/m0/s1. The second kappa shape index (κ2) is 12.8. The van der Waals surface area contributed by atoms with Gasteiger partial charge in [-0.25, -0.2) is 0 Å². The molecule has 40 heavy (non-hydrogen) atoms. The minimum atomic E-state index is -1.86. The van der Waals surface area contributed by atoms with Crippen LogP contribution in [0.5, 0.6) is 0 Å². The van der Waals surface area contributed by atoms with Crippen LogP contribution < -0.4 is 27.7 Å². The van der Waals surface area contributed by atoms with E-state index in [1.807, 2.05) is 0 Å². The Bertz CT molecular complexity index is 1360. The van der Waals surface area contributed by atoms with E-state index in [4.69, 9.17) is 21.7 Å². The van der Waals surface area contributed by atoms with E-state index < -0.39 is 66.9 Å². The van der Waals surface area contributed by atoms with Crippen LogP contribution in [0.1, 0.15) is 53.1 Å². The first kappa shape index (κ1) is 29.8. The average molecular weight is 559 g/mol. The van der Waals surface area contributed by atoms with Crippen LogP contribution in [0, 0.1) is 5.92 Å². The number of nitrogens with zero attached hydrogens (tertiary/aromatic N) is 1. The number of aryl methyl sites for hydroxylation is 1. The van der Waals surface area contributed by atoms with Crippen LogP contribution >= 0.6 is 0 Å². The summed E-state index contributed by atoms with van der Waals surface area (Å²) < 4.78 is 0. The molecular formula is C25H30N6O9. The van der Waals surface area contributed by atoms with E-state index in [-0.39, 0.29) is 23.0 Å². The molecule has 10 N–H and O–H groups in total. The Hall–Kier alpha value is -4.79. The maximum absolute atomic E-state index is 12.9. The molecule has 1 amide bonds. The molecule has 1 aliphatic rings. The van der Waals surface area contributed by atoms with Crippen molar-refractivity contribution in [1.29, 1.82) is 0 Å². The summed E-state index contributed by atoms with van der Waals surface area (Å²) in [6.45, 7) is 0.524. The van der Waals surface area contributed by atoms with Crippen LogP contribution in [0.2, 0.25) is 0 Å². The quantitative estimate of drug-likeness (QED) is 0.136. The number of Topliss-reactive ketones (excluding diaryl/α,β-unsaturated/α-hetero) is 1. The molecule has 4 atom stereocenters. The molecule has 0 radical (unpaired) electrons. The molecule has 0 saturated carbocycles. The van der Waals surface area contributed by atoms with E-state index >= 15 is 0 Å². The fourth-order valence-electron chi connectivity index (χ4n) is 4.48. The SMILES string of the molecule is Nc1nc2c(c(=O)[nH]1)C(CCc1ccc(C(=O)N[C@@H](CCC(=O)O)C(=O)C(C[C@H](N)C(=O)O)C(=O)O)cc1)CN2. The molecule has 0 fully saturated rings. The average Bonchev–Trinajstić information content (AvgIpc) is 3.30. The van der Waals surface area contributed by atoms with Gasteiger partial charge in [-0.05, 0) is 43.4 Å². The maximum atomic E-state index is 12.9. The van der Waals surface area contributed by atoms with Gasteiger partial charge in [0.15, 0.2) is 5.78 Å². The number of fused-ring (bicyclic) bond motifs is 1. The fraction of sp³-hybridized carbons (Fsp3) is 0.400. The fourth-order valence-corrected chi connectivity index (χ4v) is 4.48. The van der Waals surface area contributed by atoms with Gasteiger partial charge in [0.05, 0.1) is 11.6 Å². The van der Waals surface area contributed by atoms with Gasteiger partial charge < -0.3 is 37.4 Å². The van der Waals surface area contributed by atoms with E-state index in [1.165, 1.54) is 12.1 Å². The van der Waals surface area contributed by atoms with E-state index in [0.29, 0.717) is 30.8 Å². The van der Waals surface area contributed by atoms with Crippen LogP contribution in [0.25, 0.3) is 0 Å². The Kier molecular flexibility index (Phi) is 9.55. The van der Waals surface area contributed by atoms with Crippen molar-refractivity contribution in [3.63, 3.8) is 0 Å². The summed E-state index contributed by atoms with van der Waals surface area (Å²) in [5.41, 5.74) is 12.2. The van der Waals surface area contributed by atoms with Gasteiger partial charge in [-0.2, -0.15) is 4.98 Å². The highest BCUT2D eigenvalue weighted by atomic mass is 16.4. The lowest BCUT2D eigenvalue weighted by Crippen LogP contribution is -2.47. The summed E-state index contributed by atoms with van der Waals surface area (Å²) in [4.78, 5) is 78.5. The van der Waals surface area contributed by atoms with Crippen LogP contribution in [-0.2, 0) is 25.6 Å². The van der Waals surface area contributed by atoms with Crippen molar-refractivity contribution in [3.05, 3.63) is 51.3 Å². The third kappa shape index (κ3) is 7.41. The number of ketones is 1. The number of hydrogen-bond donors (Lipinski definition) is 8. The van der Waals surface area contributed by atoms with E-state index in [9.17, 15) is 33.9 Å². The number of carbonyl (C=O) groups is 5. The molecule has 15 heteroatoms. The first-order valence-corrected chi connectivity index (χ1v) is 12.4. The van der Waals surface area contributed by atoms with Crippen molar-refractivity contribution >= 4 is 41.4 Å². The zero-order valence-corrected chi connectivity index (χ0v) is 21.3. The lowest BCUT2D eigenvalue weighted by atomic mass is 9.89. The summed E-state index contributed by atoms with van der Waals surface area (Å²) in [5, 5.41) is 32.9. The molecule has 214 valence electrons. The van der Waals surface area contributed by atoms with Crippen LogP contribution in [0.15, 0.2) is 29.1 Å². The molecule has 1 aromatic carbocycles. The largest absolute Gasteiger partial charge is 0.481 e. The molecule has 0 spiro atoms. The molecule has 1 aromatic heterocycles. The number of anilines is 2. The third-order valence-electron chi connectivity index (χ3n) is 6.64. The number of carbonyl (C=O) groups excluding carboxylic acids is 2. The summed E-state index contributed by atoms with van der Waals surface area (Å²) >= 11 is 0. The topological polar surface area (TPSA) is 268 Å². The predicted molar refractivity (Wildman–Crippen MR) is 140 cm³/mol. The summed E-state index contributed by atoms with van der Waals surface area (Å²) in [7, 11) is 0. The zero-order chi connectivity index (χ0) is 29.6. The highest BCUT2D eigenvalue weighted by Crippen LogP contribution is 2.30. The van der Waals surface area contributed by atoms with Crippen molar-refractivity contribution in [2.75, 3.05) is 17.6 Å². The number of aliphatic carboxylic acids is 3. The van der Waals surface area contributed by atoms with E-state index in [0.717, 1.165) is 5.56 Å². The van der Waals surface area contributed by atoms with Crippen molar-refractivity contribution in [2.24, 2.45) is 11.7 Å². The maximum Gasteiger partial charge on any atom is 0.320 e. The van der Waals surface area contributed by atoms with E-state index in [2.05, 4.69) is 20.6 Å². The second-order valence-electron chi connectivity index (χ2n) is 9.46. The summed E-state index contributed by atoms with van der Waals surface area (Å²) in [5.74, 6) is -7.67. The van der Waals surface area contributed by atoms with Gasteiger partial charge in [0.1, 0.15) is 17.8 Å². The number of H-pyrrole nitrogens is 1. The number of benzene rings is 1. The van der Waals surface area contributed by atoms with Crippen LogP contribution in [-0.4, -0.2) is 73.5 Å². The lowest BCUT2D eigenvalue weighted by Gasteiger charge is -2.22. The monoisotopic (exact) mass is 558 g/mol. The van der Waals surface area contributed by atoms with Gasteiger partial charge in [-0.3, -0.25) is 33.8 Å². The Labute approximate surface area is 227 Å². The molecule has 2 heterocycles. The number of nitrogen functional groups attached to an aromatic ring is 1. The van der Waals surface area contributed by atoms with Crippen molar-refractivity contribution < 1.29 is 39.3 Å². The second-order valence-corrected chi connectivity index (χ2v) is 9.46. The predicted octanol–water partition coefficient (Wildman–Crippen LogP) is -0.471. The first-order valence-electron chi connectivity index (χ1n) is 12.4. The Morgan fingerprint density at radius 2 is 1.75 bits per heavy atom. The Balaban J connectivity index is 1.67. The number of carboxylic acids is 3. The molecule has 0 saturated heterocycles. The molecule has 0 bridgehead atoms. The smallest absolute Gasteiger partial charge is 0.320 e. The van der Waals surface area contributed by atoms with Crippen molar-refractivity contribution in [2.45, 2.75) is 50.1 Å². The van der Waals surface area contributed by atoms with Crippen LogP contribution in [0.4, 0.5) is 11.8 Å². The number of carboxylic acid groups (broad SMARTS) is 3. The van der Waals surface area contributed by atoms with Crippen molar-refractivity contribution in [3.8, 4) is 0 Å². The van der Waals surface area contributed by atoms with Gasteiger partial charge in [-0.15, -0.1) is 0 Å². The van der Waals surface area contributed by atoms with Crippen LogP contribution in [0.3, 0.4) is 0 Å². The molecule has 2 unspecified atom stereocenters.